The fourth-order valence-electron chi connectivity index (χ4n) is 1.92. The van der Waals surface area contributed by atoms with Gasteiger partial charge in [-0.05, 0) is 51.3 Å². The Morgan fingerprint density at radius 1 is 1.35 bits per heavy atom. The molecule has 1 atom stereocenters. The maximum atomic E-state index is 6.22. The largest absolute Gasteiger partial charge is 0.490 e. The van der Waals surface area contributed by atoms with Crippen molar-refractivity contribution < 1.29 is 4.74 Å². The molecule has 3 heteroatoms. The minimum absolute atomic E-state index is 0.0267. The first-order valence-corrected chi connectivity index (χ1v) is 6.48. The first-order valence-electron chi connectivity index (χ1n) is 6.10. The molecule has 0 radical (unpaired) electrons. The van der Waals surface area contributed by atoms with E-state index < -0.39 is 0 Å². The number of benzene rings is 1. The van der Waals surface area contributed by atoms with Crippen LogP contribution in [-0.4, -0.2) is 6.10 Å². The Balaban J connectivity index is 3.38. The number of hydrogen-bond donors (Lipinski definition) is 1. The van der Waals surface area contributed by atoms with Gasteiger partial charge in [-0.1, -0.05) is 18.5 Å². The second-order valence-corrected chi connectivity index (χ2v) is 5.13. The molecule has 17 heavy (non-hydrogen) atoms. The van der Waals surface area contributed by atoms with Gasteiger partial charge < -0.3 is 10.5 Å². The molecular weight excluding hydrogens is 234 g/mol. The number of halogens is 1. The quantitative estimate of drug-likeness (QED) is 0.877. The third-order valence-electron chi connectivity index (χ3n) is 2.87. The molecule has 96 valence electrons. The summed E-state index contributed by atoms with van der Waals surface area (Å²) in [5.41, 5.74) is 9.30. The second-order valence-electron chi connectivity index (χ2n) is 4.72. The van der Waals surface area contributed by atoms with Gasteiger partial charge in [0, 0.05) is 16.6 Å². The zero-order valence-corrected chi connectivity index (χ0v) is 12.1. The highest BCUT2D eigenvalue weighted by atomic mass is 35.5. The van der Waals surface area contributed by atoms with Gasteiger partial charge in [0.25, 0.3) is 0 Å². The Morgan fingerprint density at radius 2 is 1.94 bits per heavy atom. The van der Waals surface area contributed by atoms with Crippen molar-refractivity contribution in [1.82, 2.24) is 0 Å². The average Bonchev–Trinajstić information content (AvgIpc) is 2.25. The Labute approximate surface area is 109 Å². The number of nitrogens with two attached hydrogens (primary N) is 1. The predicted octanol–water partition coefficient (Wildman–Crippen LogP) is 4.15. The van der Waals surface area contributed by atoms with E-state index in [1.165, 1.54) is 0 Å². The van der Waals surface area contributed by atoms with Crippen LogP contribution in [0.2, 0.25) is 5.02 Å². The zero-order chi connectivity index (χ0) is 13.2. The minimum atomic E-state index is -0.0267. The molecule has 0 spiro atoms. The summed E-state index contributed by atoms with van der Waals surface area (Å²) in [6.07, 6.45) is 1.01. The standard InChI is InChI=1S/C14H22ClNO/c1-6-12(16)13-10(5)11(15)7-9(4)14(13)17-8(2)3/h7-8,12H,6,16H2,1-5H3. The second kappa shape index (κ2) is 5.74. The van der Waals surface area contributed by atoms with Gasteiger partial charge >= 0.3 is 0 Å². The van der Waals surface area contributed by atoms with Gasteiger partial charge in [-0.25, -0.2) is 0 Å². The SMILES string of the molecule is CCC(N)c1c(C)c(Cl)cc(C)c1OC(C)C. The fourth-order valence-corrected chi connectivity index (χ4v) is 2.18. The van der Waals surface area contributed by atoms with Crippen LogP contribution < -0.4 is 10.5 Å². The summed E-state index contributed by atoms with van der Waals surface area (Å²) in [4.78, 5) is 0. The number of ether oxygens (including phenoxy) is 1. The fraction of sp³-hybridized carbons (Fsp3) is 0.571. The summed E-state index contributed by atoms with van der Waals surface area (Å²) >= 11 is 6.22. The third kappa shape index (κ3) is 3.14. The lowest BCUT2D eigenvalue weighted by atomic mass is 9.96. The van der Waals surface area contributed by atoms with E-state index in [0.29, 0.717) is 0 Å². The normalized spacial score (nSPS) is 12.9. The van der Waals surface area contributed by atoms with Crippen molar-refractivity contribution >= 4 is 11.6 Å². The number of hydrogen-bond acceptors (Lipinski definition) is 2. The Morgan fingerprint density at radius 3 is 2.41 bits per heavy atom. The van der Waals surface area contributed by atoms with Crippen molar-refractivity contribution in [2.24, 2.45) is 5.73 Å². The molecule has 2 nitrogen and oxygen atoms in total. The zero-order valence-electron chi connectivity index (χ0n) is 11.3. The molecule has 0 aliphatic rings. The lowest BCUT2D eigenvalue weighted by Crippen LogP contribution is -2.16. The van der Waals surface area contributed by atoms with Crippen LogP contribution in [0.3, 0.4) is 0 Å². The molecule has 1 aromatic rings. The minimum Gasteiger partial charge on any atom is -0.490 e. The van der Waals surface area contributed by atoms with Crippen molar-refractivity contribution in [1.29, 1.82) is 0 Å². The molecule has 0 saturated heterocycles. The Kier molecular flexibility index (Phi) is 4.84. The van der Waals surface area contributed by atoms with Gasteiger partial charge in [-0.3, -0.25) is 0 Å². The third-order valence-corrected chi connectivity index (χ3v) is 3.27. The van der Waals surface area contributed by atoms with Gasteiger partial charge in [0.05, 0.1) is 6.10 Å². The predicted molar refractivity (Wildman–Crippen MR) is 73.9 cm³/mol. The van der Waals surface area contributed by atoms with E-state index in [-0.39, 0.29) is 12.1 Å². The molecular formula is C14H22ClNO. The summed E-state index contributed by atoms with van der Waals surface area (Å²) in [7, 11) is 0. The van der Waals surface area contributed by atoms with Crippen molar-refractivity contribution in [3.8, 4) is 5.75 Å². The maximum Gasteiger partial charge on any atom is 0.127 e. The van der Waals surface area contributed by atoms with Crippen LogP contribution in [0.4, 0.5) is 0 Å². The molecule has 0 fully saturated rings. The average molecular weight is 256 g/mol. The van der Waals surface area contributed by atoms with Crippen LogP contribution >= 0.6 is 11.6 Å². The maximum absolute atomic E-state index is 6.22. The molecule has 1 rings (SSSR count). The van der Waals surface area contributed by atoms with Crippen LogP contribution in [0.15, 0.2) is 6.07 Å². The molecule has 0 aliphatic heterocycles. The van der Waals surface area contributed by atoms with Crippen molar-refractivity contribution in [3.63, 3.8) is 0 Å². The van der Waals surface area contributed by atoms with Crippen LogP contribution in [0.5, 0.6) is 5.75 Å². The summed E-state index contributed by atoms with van der Waals surface area (Å²) in [5, 5.41) is 0.762. The highest BCUT2D eigenvalue weighted by molar-refractivity contribution is 6.31. The van der Waals surface area contributed by atoms with Crippen molar-refractivity contribution in [2.45, 2.75) is 53.2 Å². The van der Waals surface area contributed by atoms with Crippen molar-refractivity contribution in [2.75, 3.05) is 0 Å². The molecule has 1 unspecified atom stereocenters. The van der Waals surface area contributed by atoms with E-state index in [4.69, 9.17) is 22.1 Å². The molecule has 0 aromatic heterocycles. The molecule has 0 bridgehead atoms. The van der Waals surface area contributed by atoms with Crippen LogP contribution in [-0.2, 0) is 0 Å². The number of rotatable bonds is 4. The van der Waals surface area contributed by atoms with Crippen LogP contribution in [0.25, 0.3) is 0 Å². The van der Waals surface area contributed by atoms with E-state index in [9.17, 15) is 0 Å². The summed E-state index contributed by atoms with van der Waals surface area (Å²) in [5.74, 6) is 0.899. The van der Waals surface area contributed by atoms with Crippen molar-refractivity contribution in [3.05, 3.63) is 27.8 Å². The lowest BCUT2D eigenvalue weighted by molar-refractivity contribution is 0.236. The van der Waals surface area contributed by atoms with Crippen LogP contribution in [0.1, 0.15) is 49.9 Å². The first kappa shape index (κ1) is 14.3. The van der Waals surface area contributed by atoms with E-state index >= 15 is 0 Å². The summed E-state index contributed by atoms with van der Waals surface area (Å²) in [6, 6.07) is 1.92. The molecule has 0 amide bonds. The van der Waals surface area contributed by atoms with Gasteiger partial charge in [0.1, 0.15) is 5.75 Å². The number of aryl methyl sites for hydroxylation is 1. The molecule has 0 heterocycles. The smallest absolute Gasteiger partial charge is 0.127 e. The van der Waals surface area contributed by atoms with E-state index in [2.05, 4.69) is 6.92 Å². The van der Waals surface area contributed by atoms with Gasteiger partial charge in [-0.15, -0.1) is 0 Å². The highest BCUT2D eigenvalue weighted by Gasteiger charge is 2.19. The van der Waals surface area contributed by atoms with E-state index in [0.717, 1.165) is 33.9 Å². The molecule has 0 saturated carbocycles. The Bertz CT molecular complexity index is 402. The Hall–Kier alpha value is -0.730. The molecule has 1 aromatic carbocycles. The molecule has 0 aliphatic carbocycles. The molecule has 2 N–H and O–H groups in total. The topological polar surface area (TPSA) is 35.2 Å². The van der Waals surface area contributed by atoms with Gasteiger partial charge in [-0.2, -0.15) is 0 Å². The van der Waals surface area contributed by atoms with E-state index in [1.807, 2.05) is 33.8 Å². The van der Waals surface area contributed by atoms with Crippen LogP contribution in [0, 0.1) is 13.8 Å². The highest BCUT2D eigenvalue weighted by Crippen LogP contribution is 2.37. The summed E-state index contributed by atoms with van der Waals surface area (Å²) < 4.78 is 5.90. The van der Waals surface area contributed by atoms with Gasteiger partial charge in [0.15, 0.2) is 0 Å². The first-order chi connectivity index (χ1) is 7.88. The lowest BCUT2D eigenvalue weighted by Gasteiger charge is -2.23. The summed E-state index contributed by atoms with van der Waals surface area (Å²) in [6.45, 7) is 10.1. The monoisotopic (exact) mass is 255 g/mol. The van der Waals surface area contributed by atoms with E-state index in [1.54, 1.807) is 0 Å². The van der Waals surface area contributed by atoms with Gasteiger partial charge in [0.2, 0.25) is 0 Å².